The van der Waals surface area contributed by atoms with Gasteiger partial charge in [-0.2, -0.15) is 0 Å². The largest absolute Gasteiger partial charge is 0.346 e. The quantitative estimate of drug-likeness (QED) is 0.820. The molecule has 0 saturated heterocycles. The van der Waals surface area contributed by atoms with Crippen molar-refractivity contribution in [3.05, 3.63) is 20.8 Å². The predicted molar refractivity (Wildman–Crippen MR) is 62.0 cm³/mol. The molecule has 1 heterocycles. The Hall–Kier alpha value is -0.390. The van der Waals surface area contributed by atoms with Crippen molar-refractivity contribution in [3.63, 3.8) is 0 Å². The molecule has 1 aromatic rings. The van der Waals surface area contributed by atoms with E-state index in [2.05, 4.69) is 35.3 Å². The van der Waals surface area contributed by atoms with E-state index >= 15 is 0 Å². The SMILES string of the molecule is C[NH+](C)CCNC(=O)c1ccc(Br)s1. The van der Waals surface area contributed by atoms with Gasteiger partial charge in [0.1, 0.15) is 0 Å². The lowest BCUT2D eigenvalue weighted by atomic mass is 10.4. The van der Waals surface area contributed by atoms with Gasteiger partial charge in [0.2, 0.25) is 0 Å². The van der Waals surface area contributed by atoms with Crippen molar-refractivity contribution < 1.29 is 9.69 Å². The van der Waals surface area contributed by atoms with Gasteiger partial charge in [-0.25, -0.2) is 0 Å². The second kappa shape index (κ2) is 5.48. The highest BCUT2D eigenvalue weighted by atomic mass is 79.9. The zero-order chi connectivity index (χ0) is 10.6. The number of halogens is 1. The summed E-state index contributed by atoms with van der Waals surface area (Å²) >= 11 is 4.78. The number of amides is 1. The summed E-state index contributed by atoms with van der Waals surface area (Å²) in [6.45, 7) is 1.66. The lowest BCUT2D eigenvalue weighted by Crippen LogP contribution is -3.06. The van der Waals surface area contributed by atoms with E-state index in [4.69, 9.17) is 0 Å². The number of nitrogens with one attached hydrogen (secondary N) is 2. The number of carbonyl (C=O) groups excluding carboxylic acids is 1. The van der Waals surface area contributed by atoms with Crippen LogP contribution in [-0.4, -0.2) is 33.1 Å². The molecule has 14 heavy (non-hydrogen) atoms. The maximum absolute atomic E-state index is 11.5. The number of rotatable bonds is 4. The minimum Gasteiger partial charge on any atom is -0.346 e. The Morgan fingerprint density at radius 3 is 2.79 bits per heavy atom. The zero-order valence-corrected chi connectivity index (χ0v) is 10.7. The van der Waals surface area contributed by atoms with Crippen LogP contribution in [0.1, 0.15) is 9.67 Å². The van der Waals surface area contributed by atoms with Gasteiger partial charge in [0.05, 0.1) is 35.8 Å². The Morgan fingerprint density at radius 2 is 2.29 bits per heavy atom. The number of carbonyl (C=O) groups is 1. The molecule has 0 aliphatic rings. The highest BCUT2D eigenvalue weighted by Crippen LogP contribution is 2.21. The molecule has 0 spiro atoms. The van der Waals surface area contributed by atoms with Crippen LogP contribution in [0.3, 0.4) is 0 Å². The fourth-order valence-corrected chi connectivity index (χ4v) is 2.25. The summed E-state index contributed by atoms with van der Waals surface area (Å²) in [6, 6.07) is 3.71. The summed E-state index contributed by atoms with van der Waals surface area (Å²) in [5.74, 6) is 0.0157. The number of hydrogen-bond acceptors (Lipinski definition) is 2. The molecule has 0 aromatic carbocycles. The molecule has 0 fully saturated rings. The molecule has 0 radical (unpaired) electrons. The molecule has 3 nitrogen and oxygen atoms in total. The Kier molecular flexibility index (Phi) is 4.57. The maximum Gasteiger partial charge on any atom is 0.261 e. The normalized spacial score (nSPS) is 10.6. The highest BCUT2D eigenvalue weighted by Gasteiger charge is 2.07. The molecule has 0 bridgehead atoms. The summed E-state index contributed by atoms with van der Waals surface area (Å²) < 4.78 is 0.987. The van der Waals surface area contributed by atoms with E-state index < -0.39 is 0 Å². The van der Waals surface area contributed by atoms with Crippen LogP contribution in [0.25, 0.3) is 0 Å². The van der Waals surface area contributed by atoms with Crippen LogP contribution in [-0.2, 0) is 0 Å². The summed E-state index contributed by atoms with van der Waals surface area (Å²) in [5.41, 5.74) is 0. The topological polar surface area (TPSA) is 33.5 Å². The summed E-state index contributed by atoms with van der Waals surface area (Å²) in [4.78, 5) is 13.6. The van der Waals surface area contributed by atoms with Crippen molar-refractivity contribution in [1.29, 1.82) is 0 Å². The third-order valence-electron chi connectivity index (χ3n) is 1.71. The van der Waals surface area contributed by atoms with Crippen molar-refractivity contribution in [1.82, 2.24) is 5.32 Å². The Bertz CT molecular complexity index is 312. The fourth-order valence-electron chi connectivity index (χ4n) is 0.949. The summed E-state index contributed by atoms with van der Waals surface area (Å²) in [5, 5.41) is 2.87. The van der Waals surface area contributed by atoms with E-state index in [0.717, 1.165) is 21.8 Å². The monoisotopic (exact) mass is 277 g/mol. The molecule has 78 valence electrons. The van der Waals surface area contributed by atoms with E-state index in [1.807, 2.05) is 12.1 Å². The summed E-state index contributed by atoms with van der Waals surface area (Å²) in [6.07, 6.45) is 0. The molecule has 1 rings (SSSR count). The third-order valence-corrected chi connectivity index (χ3v) is 3.33. The molecule has 1 amide bonds. The first kappa shape index (κ1) is 11.7. The van der Waals surface area contributed by atoms with E-state index in [1.165, 1.54) is 16.2 Å². The minimum absolute atomic E-state index is 0.0157. The van der Waals surface area contributed by atoms with E-state index in [0.29, 0.717) is 0 Å². The van der Waals surface area contributed by atoms with Gasteiger partial charge in [-0.3, -0.25) is 4.79 Å². The summed E-state index contributed by atoms with van der Waals surface area (Å²) in [7, 11) is 4.13. The average molecular weight is 278 g/mol. The van der Waals surface area contributed by atoms with Gasteiger partial charge in [-0.15, -0.1) is 11.3 Å². The van der Waals surface area contributed by atoms with Crippen molar-refractivity contribution in [2.75, 3.05) is 27.2 Å². The van der Waals surface area contributed by atoms with Crippen LogP contribution in [0.5, 0.6) is 0 Å². The van der Waals surface area contributed by atoms with E-state index in [1.54, 1.807) is 0 Å². The van der Waals surface area contributed by atoms with Gasteiger partial charge >= 0.3 is 0 Å². The molecule has 5 heteroatoms. The number of thiophene rings is 1. The standard InChI is InChI=1S/C9H13BrN2OS/c1-12(2)6-5-11-9(13)7-3-4-8(10)14-7/h3-4H,5-6H2,1-2H3,(H,11,13)/p+1. The van der Waals surface area contributed by atoms with Gasteiger partial charge in [0.15, 0.2) is 0 Å². The van der Waals surface area contributed by atoms with Crippen LogP contribution in [0.15, 0.2) is 15.9 Å². The zero-order valence-electron chi connectivity index (χ0n) is 8.26. The molecular formula is C9H14BrN2OS+. The van der Waals surface area contributed by atoms with Gasteiger partial charge in [-0.1, -0.05) is 0 Å². The van der Waals surface area contributed by atoms with Crippen molar-refractivity contribution in [3.8, 4) is 0 Å². The van der Waals surface area contributed by atoms with Crippen LogP contribution in [0, 0.1) is 0 Å². The van der Waals surface area contributed by atoms with Crippen molar-refractivity contribution in [2.24, 2.45) is 0 Å². The number of quaternary nitrogens is 1. The smallest absolute Gasteiger partial charge is 0.261 e. The number of hydrogen-bond donors (Lipinski definition) is 2. The van der Waals surface area contributed by atoms with Gasteiger partial charge in [0, 0.05) is 0 Å². The van der Waals surface area contributed by atoms with E-state index in [-0.39, 0.29) is 5.91 Å². The van der Waals surface area contributed by atoms with Crippen molar-refractivity contribution in [2.45, 2.75) is 0 Å². The average Bonchev–Trinajstić information content (AvgIpc) is 2.51. The maximum atomic E-state index is 11.5. The first-order chi connectivity index (χ1) is 6.59. The van der Waals surface area contributed by atoms with Crippen LogP contribution < -0.4 is 10.2 Å². The van der Waals surface area contributed by atoms with Gasteiger partial charge in [0.25, 0.3) is 5.91 Å². The second-order valence-corrected chi connectivity index (χ2v) is 5.78. The minimum atomic E-state index is 0.0157. The fraction of sp³-hybridized carbons (Fsp3) is 0.444. The van der Waals surface area contributed by atoms with Crippen LogP contribution in [0.2, 0.25) is 0 Å². The van der Waals surface area contributed by atoms with Crippen LogP contribution in [0.4, 0.5) is 0 Å². The third kappa shape index (κ3) is 3.77. The molecule has 0 saturated carbocycles. The molecule has 0 atom stereocenters. The van der Waals surface area contributed by atoms with Gasteiger partial charge in [-0.05, 0) is 28.1 Å². The first-order valence-electron chi connectivity index (χ1n) is 4.42. The molecular weight excluding hydrogens is 264 g/mol. The van der Waals surface area contributed by atoms with Crippen molar-refractivity contribution >= 4 is 33.2 Å². The molecule has 0 aliphatic heterocycles. The molecule has 2 N–H and O–H groups in total. The lowest BCUT2D eigenvalue weighted by molar-refractivity contribution is -0.856. The first-order valence-corrected chi connectivity index (χ1v) is 6.03. The second-order valence-electron chi connectivity index (χ2n) is 3.32. The van der Waals surface area contributed by atoms with Gasteiger partial charge < -0.3 is 10.2 Å². The Labute approximate surface area is 96.2 Å². The molecule has 1 aromatic heterocycles. The Morgan fingerprint density at radius 1 is 1.57 bits per heavy atom. The lowest BCUT2D eigenvalue weighted by Gasteiger charge is -2.07. The Balaban J connectivity index is 2.36. The predicted octanol–water partition coefficient (Wildman–Crippen LogP) is 0.385. The molecule has 0 unspecified atom stereocenters. The highest BCUT2D eigenvalue weighted by molar-refractivity contribution is 9.11. The number of likely N-dealkylation sites (N-methyl/N-ethyl adjacent to an activating group) is 1. The van der Waals surface area contributed by atoms with Crippen LogP contribution >= 0.6 is 27.3 Å². The molecule has 0 aliphatic carbocycles. The van der Waals surface area contributed by atoms with E-state index in [9.17, 15) is 4.79 Å².